The Morgan fingerprint density at radius 2 is 2.14 bits per heavy atom. The quantitative estimate of drug-likeness (QED) is 0.892. The first-order chi connectivity index (χ1) is 10.2. The van der Waals surface area contributed by atoms with Crippen LogP contribution in [0.25, 0.3) is 0 Å². The maximum absolute atomic E-state index is 12.7. The molecular weight excluding hydrogens is 268 g/mol. The summed E-state index contributed by atoms with van der Waals surface area (Å²) in [5.41, 5.74) is -0.793. The van der Waals surface area contributed by atoms with Gasteiger partial charge in [0.1, 0.15) is 12.2 Å². The number of aromatic nitrogens is 3. The second-order valence-corrected chi connectivity index (χ2v) is 6.43. The molecule has 1 aromatic rings. The number of H-pyrrole nitrogens is 1. The molecule has 1 aliphatic carbocycles. The SMILES string of the molecule is O=C(CC1(O)CCCCC1)N1CCCC[C@@H]1c1ncn[nH]1. The molecule has 0 aromatic carbocycles. The first kappa shape index (κ1) is 14.5. The molecule has 2 N–H and O–H groups in total. The van der Waals surface area contributed by atoms with E-state index < -0.39 is 5.60 Å². The lowest BCUT2D eigenvalue weighted by Crippen LogP contribution is -2.44. The average molecular weight is 292 g/mol. The number of likely N-dealkylation sites (tertiary alicyclic amines) is 1. The van der Waals surface area contributed by atoms with Gasteiger partial charge in [-0.25, -0.2) is 4.98 Å². The zero-order chi connectivity index (χ0) is 14.7. The van der Waals surface area contributed by atoms with E-state index in [1.807, 2.05) is 4.90 Å². The van der Waals surface area contributed by atoms with Crippen LogP contribution in [-0.4, -0.2) is 43.2 Å². The molecule has 2 fully saturated rings. The summed E-state index contributed by atoms with van der Waals surface area (Å²) in [6.45, 7) is 0.750. The number of carbonyl (C=O) groups excluding carboxylic acids is 1. The number of nitrogens with zero attached hydrogens (tertiary/aromatic N) is 3. The summed E-state index contributed by atoms with van der Waals surface area (Å²) in [5.74, 6) is 0.819. The fourth-order valence-electron chi connectivity index (χ4n) is 3.66. The normalized spacial score (nSPS) is 25.8. The molecule has 3 rings (SSSR count). The van der Waals surface area contributed by atoms with Crippen molar-refractivity contribution in [1.82, 2.24) is 20.1 Å². The molecule has 6 heteroatoms. The van der Waals surface area contributed by atoms with Crippen LogP contribution >= 0.6 is 0 Å². The van der Waals surface area contributed by atoms with Crippen LogP contribution in [0.1, 0.15) is 69.7 Å². The zero-order valence-electron chi connectivity index (χ0n) is 12.4. The molecule has 21 heavy (non-hydrogen) atoms. The summed E-state index contributed by atoms with van der Waals surface area (Å²) in [4.78, 5) is 18.8. The average Bonchev–Trinajstić information content (AvgIpc) is 3.01. The predicted molar refractivity (Wildman–Crippen MR) is 77.3 cm³/mol. The Labute approximate surface area is 124 Å². The molecule has 6 nitrogen and oxygen atoms in total. The summed E-state index contributed by atoms with van der Waals surface area (Å²) in [5, 5.41) is 17.4. The summed E-state index contributed by atoms with van der Waals surface area (Å²) in [7, 11) is 0. The van der Waals surface area contributed by atoms with Gasteiger partial charge in [-0.3, -0.25) is 9.89 Å². The van der Waals surface area contributed by atoms with Crippen LogP contribution in [0.3, 0.4) is 0 Å². The van der Waals surface area contributed by atoms with Crippen LogP contribution in [0.2, 0.25) is 0 Å². The van der Waals surface area contributed by atoms with Gasteiger partial charge in [0.05, 0.1) is 18.1 Å². The molecule has 0 spiro atoms. The molecular formula is C15H24N4O2. The number of piperidine rings is 1. The molecule has 0 unspecified atom stereocenters. The summed E-state index contributed by atoms with van der Waals surface area (Å²) < 4.78 is 0. The van der Waals surface area contributed by atoms with Crippen molar-refractivity contribution < 1.29 is 9.90 Å². The fraction of sp³-hybridized carbons (Fsp3) is 0.800. The molecule has 0 bridgehead atoms. The monoisotopic (exact) mass is 292 g/mol. The topological polar surface area (TPSA) is 82.1 Å². The molecule has 1 aromatic heterocycles. The van der Waals surface area contributed by atoms with Gasteiger partial charge < -0.3 is 10.0 Å². The number of amides is 1. The van der Waals surface area contributed by atoms with Gasteiger partial charge in [-0.05, 0) is 32.1 Å². The maximum atomic E-state index is 12.7. The van der Waals surface area contributed by atoms with E-state index in [4.69, 9.17) is 0 Å². The van der Waals surface area contributed by atoms with E-state index in [1.54, 1.807) is 0 Å². The minimum absolute atomic E-state index is 0.0130. The number of hydrogen-bond acceptors (Lipinski definition) is 4. The van der Waals surface area contributed by atoms with Crippen molar-refractivity contribution in [3.8, 4) is 0 Å². The first-order valence-corrected chi connectivity index (χ1v) is 8.05. The highest BCUT2D eigenvalue weighted by Gasteiger charge is 2.36. The van der Waals surface area contributed by atoms with Crippen LogP contribution in [0, 0.1) is 0 Å². The van der Waals surface area contributed by atoms with Gasteiger partial charge in [0.15, 0.2) is 0 Å². The van der Waals surface area contributed by atoms with Crippen LogP contribution in [0.4, 0.5) is 0 Å². The van der Waals surface area contributed by atoms with E-state index in [9.17, 15) is 9.90 Å². The molecule has 0 radical (unpaired) electrons. The second-order valence-electron chi connectivity index (χ2n) is 6.43. The highest BCUT2D eigenvalue weighted by Crippen LogP contribution is 2.34. The summed E-state index contributed by atoms with van der Waals surface area (Å²) in [6.07, 6.45) is 9.48. The Hall–Kier alpha value is -1.43. The number of rotatable bonds is 3. The second kappa shape index (κ2) is 6.13. The highest BCUT2D eigenvalue weighted by molar-refractivity contribution is 5.77. The van der Waals surface area contributed by atoms with Crippen molar-refractivity contribution in [2.45, 2.75) is 69.4 Å². The van der Waals surface area contributed by atoms with Crippen molar-refractivity contribution in [1.29, 1.82) is 0 Å². The molecule has 116 valence electrons. The lowest BCUT2D eigenvalue weighted by atomic mass is 9.82. The van der Waals surface area contributed by atoms with Crippen molar-refractivity contribution in [3.63, 3.8) is 0 Å². The van der Waals surface area contributed by atoms with Crippen LogP contribution in [0.15, 0.2) is 6.33 Å². The summed E-state index contributed by atoms with van der Waals surface area (Å²) >= 11 is 0. The minimum Gasteiger partial charge on any atom is -0.389 e. The summed E-state index contributed by atoms with van der Waals surface area (Å²) in [6, 6.07) is -0.0130. The van der Waals surface area contributed by atoms with E-state index in [0.29, 0.717) is 0 Å². The number of carbonyl (C=O) groups is 1. The van der Waals surface area contributed by atoms with Gasteiger partial charge in [0, 0.05) is 6.54 Å². The van der Waals surface area contributed by atoms with Gasteiger partial charge in [-0.15, -0.1) is 0 Å². The van der Waals surface area contributed by atoms with Crippen molar-refractivity contribution in [3.05, 3.63) is 12.2 Å². The third-order valence-corrected chi connectivity index (χ3v) is 4.84. The number of aromatic amines is 1. The van der Waals surface area contributed by atoms with Crippen molar-refractivity contribution in [2.24, 2.45) is 0 Å². The van der Waals surface area contributed by atoms with E-state index in [2.05, 4.69) is 15.2 Å². The number of nitrogens with one attached hydrogen (secondary N) is 1. The third kappa shape index (κ3) is 3.26. The van der Waals surface area contributed by atoms with Gasteiger partial charge in [-0.2, -0.15) is 5.10 Å². The van der Waals surface area contributed by atoms with Crippen LogP contribution < -0.4 is 0 Å². The molecule has 1 aliphatic heterocycles. The molecule has 1 saturated heterocycles. The highest BCUT2D eigenvalue weighted by atomic mass is 16.3. The van der Waals surface area contributed by atoms with Crippen LogP contribution in [0.5, 0.6) is 0 Å². The minimum atomic E-state index is -0.793. The number of hydrogen-bond donors (Lipinski definition) is 2. The standard InChI is InChI=1S/C15H24N4O2/c20-13(10-15(21)7-3-1-4-8-15)19-9-5-2-6-12(19)14-16-11-17-18-14/h11-12,21H,1-10H2,(H,16,17,18)/t12-/m1/s1. The van der Waals surface area contributed by atoms with Crippen LogP contribution in [-0.2, 0) is 4.79 Å². The van der Waals surface area contributed by atoms with Gasteiger partial charge >= 0.3 is 0 Å². The largest absolute Gasteiger partial charge is 0.389 e. The molecule has 2 heterocycles. The Balaban J connectivity index is 1.69. The van der Waals surface area contributed by atoms with Gasteiger partial charge in [0.25, 0.3) is 0 Å². The maximum Gasteiger partial charge on any atom is 0.226 e. The predicted octanol–water partition coefficient (Wildman–Crippen LogP) is 1.94. The Kier molecular flexibility index (Phi) is 4.24. The van der Waals surface area contributed by atoms with E-state index in [-0.39, 0.29) is 18.4 Å². The van der Waals surface area contributed by atoms with Crippen molar-refractivity contribution >= 4 is 5.91 Å². The van der Waals surface area contributed by atoms with E-state index >= 15 is 0 Å². The molecule has 2 aliphatic rings. The molecule has 1 atom stereocenters. The smallest absolute Gasteiger partial charge is 0.226 e. The van der Waals surface area contributed by atoms with Gasteiger partial charge in [-0.1, -0.05) is 19.3 Å². The molecule has 1 saturated carbocycles. The Morgan fingerprint density at radius 3 is 2.86 bits per heavy atom. The molecule has 1 amide bonds. The van der Waals surface area contributed by atoms with E-state index in [1.165, 1.54) is 12.7 Å². The Bertz CT molecular complexity index is 468. The van der Waals surface area contributed by atoms with Gasteiger partial charge in [0.2, 0.25) is 5.91 Å². The lowest BCUT2D eigenvalue weighted by Gasteiger charge is -2.38. The van der Waals surface area contributed by atoms with E-state index in [0.717, 1.165) is 57.3 Å². The lowest BCUT2D eigenvalue weighted by molar-refractivity contribution is -0.141. The van der Waals surface area contributed by atoms with Crippen molar-refractivity contribution in [2.75, 3.05) is 6.54 Å². The Morgan fingerprint density at radius 1 is 1.33 bits per heavy atom. The first-order valence-electron chi connectivity index (χ1n) is 8.05. The third-order valence-electron chi connectivity index (χ3n) is 4.84. The number of aliphatic hydroxyl groups is 1. The fourth-order valence-corrected chi connectivity index (χ4v) is 3.66. The zero-order valence-corrected chi connectivity index (χ0v) is 12.4.